The molecule has 0 heterocycles. The Morgan fingerprint density at radius 3 is 2.28 bits per heavy atom. The zero-order chi connectivity index (χ0) is 13.2. The van der Waals surface area contributed by atoms with Crippen LogP contribution in [0.4, 0.5) is 0 Å². The summed E-state index contributed by atoms with van der Waals surface area (Å²) in [5.74, 6) is 0.837. The lowest BCUT2D eigenvalue weighted by Gasteiger charge is -2.19. The van der Waals surface area contributed by atoms with Crippen LogP contribution in [0, 0.1) is 5.92 Å². The van der Waals surface area contributed by atoms with Crippen molar-refractivity contribution in [2.24, 2.45) is 5.92 Å². The number of hydrogen-bond acceptors (Lipinski definition) is 1. The molecular formula is C17H29N. The monoisotopic (exact) mass is 247 g/mol. The maximum atomic E-state index is 3.67. The SMILES string of the molecule is CCCNC(CCCCC(C)C)c1ccccc1. The van der Waals surface area contributed by atoms with Crippen molar-refractivity contribution in [1.29, 1.82) is 0 Å². The van der Waals surface area contributed by atoms with E-state index in [4.69, 9.17) is 0 Å². The summed E-state index contributed by atoms with van der Waals surface area (Å²) in [5, 5.41) is 3.67. The highest BCUT2D eigenvalue weighted by molar-refractivity contribution is 5.18. The van der Waals surface area contributed by atoms with Crippen molar-refractivity contribution in [2.75, 3.05) is 6.54 Å². The molecule has 0 aliphatic heterocycles. The third kappa shape index (κ3) is 6.20. The van der Waals surface area contributed by atoms with Gasteiger partial charge in [0.05, 0.1) is 0 Å². The molecule has 1 aromatic carbocycles. The van der Waals surface area contributed by atoms with Crippen LogP contribution in [0.2, 0.25) is 0 Å². The minimum Gasteiger partial charge on any atom is -0.310 e. The van der Waals surface area contributed by atoms with Crippen LogP contribution in [0.15, 0.2) is 30.3 Å². The lowest BCUT2D eigenvalue weighted by Crippen LogP contribution is -2.22. The van der Waals surface area contributed by atoms with E-state index in [1.165, 1.54) is 37.7 Å². The van der Waals surface area contributed by atoms with Gasteiger partial charge in [0.1, 0.15) is 0 Å². The lowest BCUT2D eigenvalue weighted by molar-refractivity contribution is 0.452. The Morgan fingerprint density at radius 2 is 1.67 bits per heavy atom. The average molecular weight is 247 g/mol. The maximum Gasteiger partial charge on any atom is 0.0320 e. The number of unbranched alkanes of at least 4 members (excludes halogenated alkanes) is 1. The highest BCUT2D eigenvalue weighted by atomic mass is 14.9. The van der Waals surface area contributed by atoms with Crippen LogP contribution in [0.5, 0.6) is 0 Å². The molecular weight excluding hydrogens is 218 g/mol. The third-order valence-corrected chi connectivity index (χ3v) is 3.37. The molecule has 0 aromatic heterocycles. The van der Waals surface area contributed by atoms with E-state index in [0.29, 0.717) is 6.04 Å². The average Bonchev–Trinajstić information content (AvgIpc) is 2.38. The van der Waals surface area contributed by atoms with Crippen molar-refractivity contribution in [2.45, 2.75) is 58.9 Å². The van der Waals surface area contributed by atoms with Crippen molar-refractivity contribution in [3.8, 4) is 0 Å². The lowest BCUT2D eigenvalue weighted by atomic mass is 9.98. The predicted molar refractivity (Wildman–Crippen MR) is 80.8 cm³/mol. The quantitative estimate of drug-likeness (QED) is 0.609. The molecule has 0 saturated carbocycles. The third-order valence-electron chi connectivity index (χ3n) is 3.37. The van der Waals surface area contributed by atoms with Crippen molar-refractivity contribution >= 4 is 0 Å². The van der Waals surface area contributed by atoms with Gasteiger partial charge in [0.15, 0.2) is 0 Å². The minimum absolute atomic E-state index is 0.540. The summed E-state index contributed by atoms with van der Waals surface area (Å²) in [6, 6.07) is 11.4. The summed E-state index contributed by atoms with van der Waals surface area (Å²) >= 11 is 0. The molecule has 1 aromatic rings. The molecule has 0 bridgehead atoms. The number of nitrogens with one attached hydrogen (secondary N) is 1. The number of rotatable bonds is 9. The van der Waals surface area contributed by atoms with E-state index < -0.39 is 0 Å². The standard InChI is InChI=1S/C17H29N/c1-4-14-18-17(13-9-8-10-15(2)3)16-11-6-5-7-12-16/h5-7,11-12,15,17-18H,4,8-10,13-14H2,1-3H3. The van der Waals surface area contributed by atoms with Crippen LogP contribution in [0.25, 0.3) is 0 Å². The Labute approximate surface area is 113 Å². The van der Waals surface area contributed by atoms with E-state index in [-0.39, 0.29) is 0 Å². The predicted octanol–water partition coefficient (Wildman–Crippen LogP) is 4.94. The summed E-state index contributed by atoms with van der Waals surface area (Å²) in [6.45, 7) is 7.96. The number of hydrogen-bond donors (Lipinski definition) is 1. The van der Waals surface area contributed by atoms with E-state index in [9.17, 15) is 0 Å². The first-order valence-electron chi connectivity index (χ1n) is 7.52. The molecule has 0 spiro atoms. The van der Waals surface area contributed by atoms with Crippen LogP contribution in [0.1, 0.15) is 64.5 Å². The van der Waals surface area contributed by atoms with Gasteiger partial charge in [-0.2, -0.15) is 0 Å². The minimum atomic E-state index is 0.540. The highest BCUT2D eigenvalue weighted by Crippen LogP contribution is 2.20. The summed E-state index contributed by atoms with van der Waals surface area (Å²) in [7, 11) is 0. The smallest absolute Gasteiger partial charge is 0.0320 e. The summed E-state index contributed by atoms with van der Waals surface area (Å²) < 4.78 is 0. The molecule has 18 heavy (non-hydrogen) atoms. The second-order valence-electron chi connectivity index (χ2n) is 5.60. The topological polar surface area (TPSA) is 12.0 Å². The van der Waals surface area contributed by atoms with Gasteiger partial charge in [-0.05, 0) is 30.9 Å². The molecule has 0 aliphatic rings. The normalized spacial score (nSPS) is 12.9. The van der Waals surface area contributed by atoms with Crippen molar-refractivity contribution in [3.05, 3.63) is 35.9 Å². The van der Waals surface area contributed by atoms with E-state index in [2.05, 4.69) is 56.4 Å². The van der Waals surface area contributed by atoms with E-state index >= 15 is 0 Å². The Bertz CT molecular complexity index is 292. The second kappa shape index (κ2) is 9.16. The molecule has 1 unspecified atom stereocenters. The zero-order valence-corrected chi connectivity index (χ0v) is 12.3. The van der Waals surface area contributed by atoms with Gasteiger partial charge in [-0.15, -0.1) is 0 Å². The van der Waals surface area contributed by atoms with Crippen molar-refractivity contribution in [3.63, 3.8) is 0 Å². The van der Waals surface area contributed by atoms with Crippen molar-refractivity contribution in [1.82, 2.24) is 5.32 Å². The zero-order valence-electron chi connectivity index (χ0n) is 12.3. The summed E-state index contributed by atoms with van der Waals surface area (Å²) in [5.41, 5.74) is 1.44. The van der Waals surface area contributed by atoms with Gasteiger partial charge in [-0.3, -0.25) is 0 Å². The molecule has 0 fully saturated rings. The van der Waals surface area contributed by atoms with Gasteiger partial charge in [-0.1, -0.05) is 70.4 Å². The van der Waals surface area contributed by atoms with Crippen LogP contribution < -0.4 is 5.32 Å². The van der Waals surface area contributed by atoms with E-state index in [1.54, 1.807) is 0 Å². The second-order valence-corrected chi connectivity index (χ2v) is 5.60. The molecule has 1 N–H and O–H groups in total. The van der Waals surface area contributed by atoms with Crippen molar-refractivity contribution < 1.29 is 0 Å². The van der Waals surface area contributed by atoms with Crippen LogP contribution in [0.3, 0.4) is 0 Å². The Morgan fingerprint density at radius 1 is 1.00 bits per heavy atom. The molecule has 102 valence electrons. The fraction of sp³-hybridized carbons (Fsp3) is 0.647. The van der Waals surface area contributed by atoms with Gasteiger partial charge in [0, 0.05) is 6.04 Å². The van der Waals surface area contributed by atoms with Gasteiger partial charge in [0.2, 0.25) is 0 Å². The fourth-order valence-corrected chi connectivity index (χ4v) is 2.29. The molecule has 1 rings (SSSR count). The summed E-state index contributed by atoms with van der Waals surface area (Å²) in [4.78, 5) is 0. The Kier molecular flexibility index (Phi) is 7.75. The van der Waals surface area contributed by atoms with Crippen LogP contribution >= 0.6 is 0 Å². The first-order chi connectivity index (χ1) is 8.74. The van der Waals surface area contributed by atoms with E-state index in [1.807, 2.05) is 0 Å². The molecule has 0 amide bonds. The first-order valence-corrected chi connectivity index (χ1v) is 7.52. The molecule has 0 aliphatic carbocycles. The van der Waals surface area contributed by atoms with Gasteiger partial charge in [-0.25, -0.2) is 0 Å². The van der Waals surface area contributed by atoms with Crippen LogP contribution in [-0.2, 0) is 0 Å². The van der Waals surface area contributed by atoms with Crippen LogP contribution in [-0.4, -0.2) is 6.54 Å². The fourth-order valence-electron chi connectivity index (χ4n) is 2.29. The van der Waals surface area contributed by atoms with E-state index in [0.717, 1.165) is 12.5 Å². The largest absolute Gasteiger partial charge is 0.310 e. The summed E-state index contributed by atoms with van der Waals surface area (Å²) in [6.07, 6.45) is 6.50. The first kappa shape index (κ1) is 15.2. The highest BCUT2D eigenvalue weighted by Gasteiger charge is 2.09. The molecule has 1 atom stereocenters. The maximum absolute atomic E-state index is 3.67. The number of benzene rings is 1. The molecule has 0 radical (unpaired) electrons. The molecule has 1 nitrogen and oxygen atoms in total. The van der Waals surface area contributed by atoms with Gasteiger partial charge >= 0.3 is 0 Å². The molecule has 1 heteroatoms. The Hall–Kier alpha value is -0.820. The van der Waals surface area contributed by atoms with Gasteiger partial charge < -0.3 is 5.32 Å². The molecule has 0 saturated heterocycles. The Balaban J connectivity index is 2.41. The van der Waals surface area contributed by atoms with Gasteiger partial charge in [0.25, 0.3) is 0 Å².